The first kappa shape index (κ1) is 23.9. The Morgan fingerprint density at radius 1 is 0.879 bits per heavy atom. The quantitative estimate of drug-likeness (QED) is 0.459. The van der Waals surface area contributed by atoms with Crippen LogP contribution in [0.4, 0.5) is 0 Å². The molecule has 0 amide bonds. The first-order valence-electron chi connectivity index (χ1n) is 14.6. The molecule has 0 aromatic heterocycles. The van der Waals surface area contributed by atoms with Gasteiger partial charge in [0, 0.05) is 0 Å². The van der Waals surface area contributed by atoms with Crippen molar-refractivity contribution in [1.82, 2.24) is 0 Å². The highest BCUT2D eigenvalue weighted by Crippen LogP contribution is 2.68. The first-order chi connectivity index (χ1) is 15.8. The van der Waals surface area contributed by atoms with E-state index in [1.807, 2.05) is 0 Å². The standard InChI is InChI=1S/C32H50O/c1-22-10-5-6-13-25(22)30(33)14-9-11-23(2)27-17-18-28-26-16-15-24-12-7-8-20-31(24,3)29(26)19-21-32(27,28)4/h5-6,10,13,23-24,26-30,33H,7-9,11-12,14-21H2,1-4H3/t23-,24-,26+,27-,28+,29+,30?,31+,32-/m1/s1. The van der Waals surface area contributed by atoms with Crippen molar-refractivity contribution in [3.63, 3.8) is 0 Å². The average Bonchev–Trinajstić information content (AvgIpc) is 3.16. The molecule has 5 rings (SSSR count). The van der Waals surface area contributed by atoms with Crippen LogP contribution in [0.25, 0.3) is 0 Å². The molecule has 0 aliphatic heterocycles. The van der Waals surface area contributed by atoms with E-state index in [1.165, 1.54) is 76.2 Å². The van der Waals surface area contributed by atoms with Gasteiger partial charge in [0.05, 0.1) is 6.10 Å². The van der Waals surface area contributed by atoms with Gasteiger partial charge in [0.2, 0.25) is 0 Å². The third kappa shape index (κ3) is 4.13. The SMILES string of the molecule is Cc1ccccc1C(O)CCC[C@@H](C)[C@H]1CC[C@H]2[C@@H]3CC[C@H]4CCCC[C@]4(C)[C@H]3CC[C@]12C. The normalized spacial score (nSPS) is 42.2. The topological polar surface area (TPSA) is 20.2 Å². The number of aliphatic hydroxyl groups is 1. The number of hydrogen-bond acceptors (Lipinski definition) is 1. The fraction of sp³-hybridized carbons (Fsp3) is 0.812. The minimum atomic E-state index is -0.299. The highest BCUT2D eigenvalue weighted by atomic mass is 16.3. The van der Waals surface area contributed by atoms with Crippen LogP contribution in [0.1, 0.15) is 121 Å². The summed E-state index contributed by atoms with van der Waals surface area (Å²) < 4.78 is 0. The lowest BCUT2D eigenvalue weighted by Crippen LogP contribution is -2.53. The first-order valence-corrected chi connectivity index (χ1v) is 14.6. The van der Waals surface area contributed by atoms with Crippen molar-refractivity contribution in [1.29, 1.82) is 0 Å². The molecule has 184 valence electrons. The lowest BCUT2D eigenvalue weighted by molar-refractivity contribution is -0.114. The van der Waals surface area contributed by atoms with Crippen LogP contribution in [0, 0.1) is 53.3 Å². The van der Waals surface area contributed by atoms with Gasteiger partial charge in [0.1, 0.15) is 0 Å². The molecular formula is C32H50O. The van der Waals surface area contributed by atoms with Gasteiger partial charge in [-0.05, 0) is 122 Å². The molecule has 1 aromatic rings. The van der Waals surface area contributed by atoms with Crippen molar-refractivity contribution in [2.24, 2.45) is 46.3 Å². The smallest absolute Gasteiger partial charge is 0.0792 e. The molecule has 0 radical (unpaired) electrons. The van der Waals surface area contributed by atoms with E-state index < -0.39 is 0 Å². The molecule has 1 N–H and O–H groups in total. The molecule has 0 heterocycles. The number of rotatable bonds is 6. The van der Waals surface area contributed by atoms with Gasteiger partial charge in [-0.25, -0.2) is 0 Å². The maximum atomic E-state index is 10.8. The van der Waals surface area contributed by atoms with E-state index in [-0.39, 0.29) is 6.10 Å². The molecule has 1 heteroatoms. The number of aryl methyl sites for hydroxylation is 1. The largest absolute Gasteiger partial charge is 0.388 e. The molecule has 9 atom stereocenters. The van der Waals surface area contributed by atoms with Crippen molar-refractivity contribution < 1.29 is 5.11 Å². The van der Waals surface area contributed by atoms with Gasteiger partial charge in [-0.2, -0.15) is 0 Å². The van der Waals surface area contributed by atoms with Gasteiger partial charge in [-0.15, -0.1) is 0 Å². The number of fused-ring (bicyclic) bond motifs is 5. The van der Waals surface area contributed by atoms with Crippen LogP contribution in [0.15, 0.2) is 24.3 Å². The van der Waals surface area contributed by atoms with E-state index in [4.69, 9.17) is 0 Å². The van der Waals surface area contributed by atoms with E-state index in [9.17, 15) is 5.11 Å². The molecule has 0 bridgehead atoms. The third-order valence-corrected chi connectivity index (χ3v) is 12.0. The van der Waals surface area contributed by atoms with Crippen LogP contribution < -0.4 is 0 Å². The zero-order valence-electron chi connectivity index (χ0n) is 22.0. The fourth-order valence-electron chi connectivity index (χ4n) is 10.2. The molecule has 4 fully saturated rings. The molecule has 0 spiro atoms. The zero-order chi connectivity index (χ0) is 23.2. The molecule has 33 heavy (non-hydrogen) atoms. The van der Waals surface area contributed by atoms with Crippen LogP contribution in [0.2, 0.25) is 0 Å². The summed E-state index contributed by atoms with van der Waals surface area (Å²) in [6.07, 6.45) is 18.1. The number of aliphatic hydroxyl groups excluding tert-OH is 1. The monoisotopic (exact) mass is 450 g/mol. The Balaban J connectivity index is 1.21. The van der Waals surface area contributed by atoms with Gasteiger partial charge in [0.15, 0.2) is 0 Å². The molecule has 4 saturated carbocycles. The Labute approximate surface area is 204 Å². The van der Waals surface area contributed by atoms with Gasteiger partial charge >= 0.3 is 0 Å². The van der Waals surface area contributed by atoms with Crippen molar-refractivity contribution in [2.45, 2.75) is 117 Å². The Kier molecular flexibility index (Phi) is 6.76. The summed E-state index contributed by atoms with van der Waals surface area (Å²) in [6, 6.07) is 8.36. The molecule has 4 aliphatic rings. The summed E-state index contributed by atoms with van der Waals surface area (Å²) in [4.78, 5) is 0. The van der Waals surface area contributed by atoms with E-state index in [1.54, 1.807) is 0 Å². The second kappa shape index (κ2) is 9.33. The van der Waals surface area contributed by atoms with Crippen LogP contribution in [0.3, 0.4) is 0 Å². The van der Waals surface area contributed by atoms with Crippen molar-refractivity contribution in [3.8, 4) is 0 Å². The fourth-order valence-corrected chi connectivity index (χ4v) is 10.2. The van der Waals surface area contributed by atoms with Crippen molar-refractivity contribution >= 4 is 0 Å². The van der Waals surface area contributed by atoms with Crippen molar-refractivity contribution in [3.05, 3.63) is 35.4 Å². The van der Waals surface area contributed by atoms with Crippen molar-refractivity contribution in [2.75, 3.05) is 0 Å². The van der Waals surface area contributed by atoms with E-state index >= 15 is 0 Å². The van der Waals surface area contributed by atoms with E-state index in [0.29, 0.717) is 10.8 Å². The Bertz CT molecular complexity index is 814. The summed E-state index contributed by atoms with van der Waals surface area (Å²) in [7, 11) is 0. The Morgan fingerprint density at radius 2 is 1.67 bits per heavy atom. The number of hydrogen-bond donors (Lipinski definition) is 1. The maximum Gasteiger partial charge on any atom is 0.0792 e. The zero-order valence-corrected chi connectivity index (χ0v) is 22.0. The van der Waals surface area contributed by atoms with Gasteiger partial charge in [-0.1, -0.05) is 70.7 Å². The molecule has 1 unspecified atom stereocenters. The molecular weight excluding hydrogens is 400 g/mol. The van der Waals surface area contributed by atoms with Crippen LogP contribution in [-0.4, -0.2) is 5.11 Å². The third-order valence-electron chi connectivity index (χ3n) is 12.0. The summed E-state index contributed by atoms with van der Waals surface area (Å²) in [5.41, 5.74) is 3.59. The summed E-state index contributed by atoms with van der Waals surface area (Å²) in [5.74, 6) is 5.75. The Morgan fingerprint density at radius 3 is 2.48 bits per heavy atom. The Hall–Kier alpha value is -0.820. The second-order valence-electron chi connectivity index (χ2n) is 13.4. The maximum absolute atomic E-state index is 10.8. The lowest BCUT2D eigenvalue weighted by Gasteiger charge is -2.61. The molecule has 1 nitrogen and oxygen atoms in total. The number of benzene rings is 1. The predicted octanol–water partition coefficient (Wildman–Crippen LogP) is 8.88. The lowest BCUT2D eigenvalue weighted by atomic mass is 9.44. The van der Waals surface area contributed by atoms with Gasteiger partial charge in [0.25, 0.3) is 0 Å². The highest BCUT2D eigenvalue weighted by molar-refractivity contribution is 5.27. The predicted molar refractivity (Wildman–Crippen MR) is 139 cm³/mol. The summed E-state index contributed by atoms with van der Waals surface area (Å²) in [6.45, 7) is 10.1. The highest BCUT2D eigenvalue weighted by Gasteiger charge is 2.60. The van der Waals surface area contributed by atoms with Crippen LogP contribution in [0.5, 0.6) is 0 Å². The van der Waals surface area contributed by atoms with Crippen LogP contribution >= 0.6 is 0 Å². The molecule has 4 aliphatic carbocycles. The molecule has 0 saturated heterocycles. The van der Waals surface area contributed by atoms with Crippen LogP contribution in [-0.2, 0) is 0 Å². The minimum Gasteiger partial charge on any atom is -0.388 e. The minimum absolute atomic E-state index is 0.299. The summed E-state index contributed by atoms with van der Waals surface area (Å²) >= 11 is 0. The summed E-state index contributed by atoms with van der Waals surface area (Å²) in [5, 5.41) is 10.8. The molecule has 1 aromatic carbocycles. The average molecular weight is 451 g/mol. The van der Waals surface area contributed by atoms with E-state index in [2.05, 4.69) is 52.0 Å². The second-order valence-corrected chi connectivity index (χ2v) is 13.4. The van der Waals surface area contributed by atoms with Gasteiger partial charge in [-0.3, -0.25) is 0 Å². The van der Waals surface area contributed by atoms with E-state index in [0.717, 1.165) is 53.9 Å². The van der Waals surface area contributed by atoms with Gasteiger partial charge < -0.3 is 5.11 Å².